The number of hydrogen-bond acceptors (Lipinski definition) is 8. The van der Waals surface area contributed by atoms with Crippen LogP contribution in [0.3, 0.4) is 0 Å². The number of halogens is 2. The minimum atomic E-state index is -0.871. The molecule has 43 heavy (non-hydrogen) atoms. The van der Waals surface area contributed by atoms with Gasteiger partial charge in [-0.2, -0.15) is 9.97 Å². The van der Waals surface area contributed by atoms with E-state index in [1.807, 2.05) is 18.2 Å². The van der Waals surface area contributed by atoms with E-state index in [1.165, 1.54) is 0 Å². The van der Waals surface area contributed by atoms with Gasteiger partial charge in [0.1, 0.15) is 35.6 Å². The van der Waals surface area contributed by atoms with Crippen molar-refractivity contribution in [3.8, 4) is 23.0 Å². The van der Waals surface area contributed by atoms with Crippen molar-refractivity contribution in [2.24, 2.45) is 0 Å². The van der Waals surface area contributed by atoms with E-state index in [4.69, 9.17) is 9.72 Å². The van der Waals surface area contributed by atoms with E-state index in [2.05, 4.69) is 32.0 Å². The second-order valence-electron chi connectivity index (χ2n) is 12.7. The molecule has 2 aromatic carbocycles. The molecule has 0 amide bonds. The van der Waals surface area contributed by atoms with Gasteiger partial charge in [-0.15, -0.1) is 0 Å². The van der Waals surface area contributed by atoms with Crippen LogP contribution in [0.15, 0.2) is 36.5 Å². The Hall–Kier alpha value is -3.63. The Labute approximate surface area is 249 Å². The molecule has 4 aromatic rings. The molecule has 4 aliphatic heterocycles. The standard InChI is InChI=1S/C33H36F2N6O2/c1-2-19-5-3-6-20-11-24(42)12-25(27(19)20)29-28(35)30-26(16-37-29)31(41-22-7-8-23(41)15-36-14-22)39-32(38-30)43-18-33-9-4-10-40(33)17-21(34)13-33/h3,5-6,11-12,16,21-23,36,42H,2,4,7-10,13-15,17-18H2,1H3/t21-,22?,23?,33+/m1/s1. The SMILES string of the molecule is CCc1cccc2cc(O)cc(-c3ncc4c(N5C6CCC5CNC6)nc(OC[C@@]56CCCN5C[C@H](F)C6)nc4c3F)c12. The van der Waals surface area contributed by atoms with Crippen LogP contribution >= 0.6 is 0 Å². The molecule has 4 fully saturated rings. The smallest absolute Gasteiger partial charge is 0.319 e. The summed E-state index contributed by atoms with van der Waals surface area (Å²) in [4.78, 5) is 18.7. The lowest BCUT2D eigenvalue weighted by Crippen LogP contribution is -2.52. The lowest BCUT2D eigenvalue weighted by Gasteiger charge is -2.37. The maximum Gasteiger partial charge on any atom is 0.319 e. The molecule has 0 spiro atoms. The maximum absolute atomic E-state index is 16.8. The molecule has 4 atom stereocenters. The Balaban J connectivity index is 1.28. The van der Waals surface area contributed by atoms with Crippen LogP contribution in [0.4, 0.5) is 14.6 Å². The average Bonchev–Trinajstić information content (AvgIpc) is 3.61. The summed E-state index contributed by atoms with van der Waals surface area (Å²) in [5.74, 6) is 0.110. The number of pyridine rings is 1. The van der Waals surface area contributed by atoms with Crippen molar-refractivity contribution in [3.05, 3.63) is 47.9 Å². The first-order valence-electron chi connectivity index (χ1n) is 15.6. The molecule has 10 heteroatoms. The highest BCUT2D eigenvalue weighted by atomic mass is 19.1. The quantitative estimate of drug-likeness (QED) is 0.321. The van der Waals surface area contributed by atoms with Gasteiger partial charge in [-0.25, -0.2) is 8.78 Å². The number of aromatic hydroxyl groups is 1. The molecule has 4 aliphatic rings. The molecule has 6 heterocycles. The number of phenols is 1. The number of rotatable bonds is 6. The van der Waals surface area contributed by atoms with Gasteiger partial charge in [0.2, 0.25) is 0 Å². The Morgan fingerprint density at radius 2 is 2.00 bits per heavy atom. The zero-order chi connectivity index (χ0) is 29.3. The molecule has 0 aliphatic carbocycles. The zero-order valence-electron chi connectivity index (χ0n) is 24.3. The second-order valence-corrected chi connectivity index (χ2v) is 12.7. The fraction of sp³-hybridized carbons (Fsp3) is 0.485. The normalized spacial score (nSPS) is 27.0. The summed E-state index contributed by atoms with van der Waals surface area (Å²) in [6.07, 6.45) is 5.90. The molecule has 8 rings (SSSR count). The number of benzene rings is 2. The van der Waals surface area contributed by atoms with Gasteiger partial charge >= 0.3 is 6.01 Å². The van der Waals surface area contributed by atoms with E-state index in [0.29, 0.717) is 29.7 Å². The van der Waals surface area contributed by atoms with E-state index in [-0.39, 0.29) is 47.2 Å². The van der Waals surface area contributed by atoms with Gasteiger partial charge in [-0.3, -0.25) is 9.88 Å². The minimum Gasteiger partial charge on any atom is -0.508 e. The Bertz CT molecular complexity index is 1720. The summed E-state index contributed by atoms with van der Waals surface area (Å²) < 4.78 is 37.6. The van der Waals surface area contributed by atoms with Crippen LogP contribution in [0.1, 0.15) is 44.6 Å². The first kappa shape index (κ1) is 27.0. The van der Waals surface area contributed by atoms with Gasteiger partial charge in [-0.1, -0.05) is 25.1 Å². The molecule has 8 nitrogen and oxygen atoms in total. The molecule has 0 radical (unpaired) electrons. The Morgan fingerprint density at radius 3 is 2.81 bits per heavy atom. The van der Waals surface area contributed by atoms with Crippen molar-refractivity contribution in [1.82, 2.24) is 25.2 Å². The first-order chi connectivity index (χ1) is 20.9. The first-order valence-corrected chi connectivity index (χ1v) is 15.6. The number of anilines is 1. The summed E-state index contributed by atoms with van der Waals surface area (Å²) in [5, 5.41) is 16.3. The average molecular weight is 587 g/mol. The van der Waals surface area contributed by atoms with E-state index in [9.17, 15) is 9.50 Å². The van der Waals surface area contributed by atoms with Crippen molar-refractivity contribution in [2.45, 2.75) is 69.2 Å². The topological polar surface area (TPSA) is 86.6 Å². The molecule has 224 valence electrons. The summed E-state index contributed by atoms with van der Waals surface area (Å²) in [5.41, 5.74) is 1.47. The van der Waals surface area contributed by atoms with E-state index < -0.39 is 12.0 Å². The van der Waals surface area contributed by atoms with Crippen molar-refractivity contribution < 1.29 is 18.6 Å². The molecular formula is C33H36F2N6O2. The number of phenolic OH excluding ortho intramolecular Hbond substituents is 1. The number of fused-ring (bicyclic) bond motifs is 5. The van der Waals surface area contributed by atoms with Crippen LogP contribution in [-0.4, -0.2) is 81.5 Å². The number of piperazine rings is 1. The van der Waals surface area contributed by atoms with Crippen LogP contribution < -0.4 is 15.0 Å². The summed E-state index contributed by atoms with van der Waals surface area (Å²) in [6.45, 7) is 5.27. The third-order valence-electron chi connectivity index (χ3n) is 10.2. The second kappa shape index (κ2) is 10.2. The van der Waals surface area contributed by atoms with Crippen molar-refractivity contribution >= 4 is 27.5 Å². The zero-order valence-corrected chi connectivity index (χ0v) is 24.3. The van der Waals surface area contributed by atoms with Crippen LogP contribution in [-0.2, 0) is 6.42 Å². The Kier molecular flexibility index (Phi) is 6.41. The van der Waals surface area contributed by atoms with E-state index >= 15 is 4.39 Å². The molecule has 4 saturated heterocycles. The molecule has 2 unspecified atom stereocenters. The fourth-order valence-corrected chi connectivity index (χ4v) is 8.21. The van der Waals surface area contributed by atoms with Crippen LogP contribution in [0, 0.1) is 5.82 Å². The van der Waals surface area contributed by atoms with Gasteiger partial charge < -0.3 is 20.1 Å². The largest absolute Gasteiger partial charge is 0.508 e. The van der Waals surface area contributed by atoms with Crippen LogP contribution in [0.5, 0.6) is 11.8 Å². The number of ether oxygens (including phenoxy) is 1. The van der Waals surface area contributed by atoms with Crippen LogP contribution in [0.25, 0.3) is 32.9 Å². The third kappa shape index (κ3) is 4.32. The van der Waals surface area contributed by atoms with Gasteiger partial charge in [0, 0.05) is 49.9 Å². The maximum atomic E-state index is 16.8. The van der Waals surface area contributed by atoms with E-state index in [1.54, 1.807) is 18.3 Å². The number of alkyl halides is 1. The summed E-state index contributed by atoms with van der Waals surface area (Å²) >= 11 is 0. The summed E-state index contributed by atoms with van der Waals surface area (Å²) in [6, 6.07) is 9.73. The summed E-state index contributed by atoms with van der Waals surface area (Å²) in [7, 11) is 0. The van der Waals surface area contributed by atoms with Gasteiger partial charge in [0.15, 0.2) is 5.82 Å². The number of hydrogen-bond donors (Lipinski definition) is 2. The highest BCUT2D eigenvalue weighted by Crippen LogP contribution is 2.42. The number of nitrogens with one attached hydrogen (secondary N) is 1. The number of aryl methyl sites for hydroxylation is 1. The Morgan fingerprint density at radius 1 is 1.16 bits per heavy atom. The molecular weight excluding hydrogens is 550 g/mol. The van der Waals surface area contributed by atoms with Gasteiger partial charge in [-0.05, 0) is 67.1 Å². The van der Waals surface area contributed by atoms with Crippen LogP contribution in [0.2, 0.25) is 0 Å². The van der Waals surface area contributed by atoms with Crippen molar-refractivity contribution in [2.75, 3.05) is 37.7 Å². The third-order valence-corrected chi connectivity index (χ3v) is 10.2. The molecule has 2 bridgehead atoms. The monoisotopic (exact) mass is 586 g/mol. The fourth-order valence-electron chi connectivity index (χ4n) is 8.21. The van der Waals surface area contributed by atoms with Gasteiger partial charge in [0.05, 0.1) is 10.9 Å². The lowest BCUT2D eigenvalue weighted by molar-refractivity contribution is 0.107. The molecule has 2 N–H and O–H groups in total. The van der Waals surface area contributed by atoms with Crippen molar-refractivity contribution in [1.29, 1.82) is 0 Å². The molecule has 0 saturated carbocycles. The van der Waals surface area contributed by atoms with Crippen molar-refractivity contribution in [3.63, 3.8) is 0 Å². The number of nitrogens with zero attached hydrogens (tertiary/aromatic N) is 5. The lowest BCUT2D eigenvalue weighted by atomic mass is 9.95. The van der Waals surface area contributed by atoms with Gasteiger partial charge in [0.25, 0.3) is 0 Å². The predicted molar refractivity (Wildman–Crippen MR) is 162 cm³/mol. The minimum absolute atomic E-state index is 0.0462. The highest BCUT2D eigenvalue weighted by molar-refractivity contribution is 6.01. The highest BCUT2D eigenvalue weighted by Gasteiger charge is 2.49. The number of aromatic nitrogens is 3. The predicted octanol–water partition coefficient (Wildman–Crippen LogP) is 5.15. The molecule has 2 aromatic heterocycles. The van der Waals surface area contributed by atoms with E-state index in [0.717, 1.165) is 68.1 Å².